The molecule has 0 aliphatic heterocycles. The Morgan fingerprint density at radius 2 is 1.94 bits per heavy atom. The maximum absolute atomic E-state index is 11.5. The fourth-order valence-electron chi connectivity index (χ4n) is 1.59. The predicted molar refractivity (Wildman–Crippen MR) is 75.4 cm³/mol. The van der Waals surface area contributed by atoms with Crippen molar-refractivity contribution in [3.63, 3.8) is 0 Å². The molecule has 100 valence electrons. The third-order valence-electron chi connectivity index (χ3n) is 3.00. The fourth-order valence-corrected chi connectivity index (χ4v) is 1.59. The van der Waals surface area contributed by atoms with E-state index >= 15 is 0 Å². The first kappa shape index (κ1) is 14.7. The molecule has 0 heterocycles. The summed E-state index contributed by atoms with van der Waals surface area (Å²) < 4.78 is 0. The molecule has 1 rings (SSSR count). The van der Waals surface area contributed by atoms with Crippen molar-refractivity contribution in [3.05, 3.63) is 35.4 Å². The minimum atomic E-state index is 0.126. The number of amides is 1. The number of hydrogen-bond donors (Lipinski definition) is 2. The van der Waals surface area contributed by atoms with Gasteiger partial charge in [0.05, 0.1) is 0 Å². The van der Waals surface area contributed by atoms with Crippen LogP contribution in [0.1, 0.15) is 37.8 Å². The van der Waals surface area contributed by atoms with Gasteiger partial charge in [-0.2, -0.15) is 0 Å². The predicted octanol–water partition coefficient (Wildman–Crippen LogP) is 2.39. The smallest absolute Gasteiger partial charge is 0.221 e. The second-order valence-corrected chi connectivity index (χ2v) is 4.79. The minimum Gasteiger partial charge on any atom is -0.354 e. The van der Waals surface area contributed by atoms with E-state index in [0.717, 1.165) is 19.5 Å². The molecule has 3 heteroatoms. The molecule has 2 N–H and O–H groups in total. The van der Waals surface area contributed by atoms with E-state index in [4.69, 9.17) is 0 Å². The Kier molecular flexibility index (Phi) is 6.44. The van der Waals surface area contributed by atoms with E-state index in [1.54, 1.807) is 0 Å². The summed E-state index contributed by atoms with van der Waals surface area (Å²) in [7, 11) is 0. The van der Waals surface area contributed by atoms with Crippen molar-refractivity contribution in [1.82, 2.24) is 10.6 Å². The van der Waals surface area contributed by atoms with E-state index in [0.29, 0.717) is 6.42 Å². The Bertz CT molecular complexity index is 359. The molecule has 0 spiro atoms. The molecule has 0 saturated heterocycles. The minimum absolute atomic E-state index is 0.126. The summed E-state index contributed by atoms with van der Waals surface area (Å²) in [6, 6.07) is 8.71. The van der Waals surface area contributed by atoms with Gasteiger partial charge >= 0.3 is 0 Å². The molecule has 0 aliphatic rings. The highest BCUT2D eigenvalue weighted by molar-refractivity contribution is 5.76. The van der Waals surface area contributed by atoms with Crippen molar-refractivity contribution in [2.75, 3.05) is 6.54 Å². The van der Waals surface area contributed by atoms with Gasteiger partial charge in [0.25, 0.3) is 0 Å². The van der Waals surface area contributed by atoms with E-state index in [2.05, 4.69) is 48.7 Å². The number of aryl methyl sites for hydroxylation is 1. The van der Waals surface area contributed by atoms with Gasteiger partial charge in [-0.15, -0.1) is 0 Å². The number of carbonyl (C=O) groups is 1. The average Bonchev–Trinajstić information content (AvgIpc) is 2.36. The lowest BCUT2D eigenvalue weighted by molar-refractivity contribution is -0.121. The second kappa shape index (κ2) is 7.88. The summed E-state index contributed by atoms with van der Waals surface area (Å²) in [5.41, 5.74) is 2.52. The van der Waals surface area contributed by atoms with Crippen LogP contribution in [0.3, 0.4) is 0 Å². The number of rotatable bonds is 7. The third kappa shape index (κ3) is 5.82. The van der Waals surface area contributed by atoms with Gasteiger partial charge in [0.15, 0.2) is 0 Å². The molecule has 0 aromatic heterocycles. The maximum atomic E-state index is 11.5. The second-order valence-electron chi connectivity index (χ2n) is 4.79. The van der Waals surface area contributed by atoms with Crippen molar-refractivity contribution < 1.29 is 4.79 Å². The van der Waals surface area contributed by atoms with Crippen molar-refractivity contribution in [2.45, 2.75) is 46.2 Å². The highest BCUT2D eigenvalue weighted by Gasteiger charge is 2.04. The van der Waals surface area contributed by atoms with Gasteiger partial charge in [0.2, 0.25) is 5.91 Å². The number of nitrogens with one attached hydrogen (secondary N) is 2. The molecule has 18 heavy (non-hydrogen) atoms. The zero-order valence-electron chi connectivity index (χ0n) is 11.6. The maximum Gasteiger partial charge on any atom is 0.221 e. The van der Waals surface area contributed by atoms with Crippen LogP contribution in [0.25, 0.3) is 0 Å². The van der Waals surface area contributed by atoms with Gasteiger partial charge in [-0.1, -0.05) is 36.8 Å². The Balaban J connectivity index is 2.15. The molecule has 0 bridgehead atoms. The Hall–Kier alpha value is -1.35. The molecule has 1 amide bonds. The van der Waals surface area contributed by atoms with Crippen LogP contribution >= 0.6 is 0 Å². The Labute approximate surface area is 110 Å². The zero-order chi connectivity index (χ0) is 13.4. The van der Waals surface area contributed by atoms with E-state index in [1.807, 2.05) is 6.92 Å². The van der Waals surface area contributed by atoms with Crippen molar-refractivity contribution in [3.8, 4) is 0 Å². The SMILES string of the molecule is CCC(C)NC(=O)CCNCc1ccc(C)cc1. The fraction of sp³-hybridized carbons (Fsp3) is 0.533. The topological polar surface area (TPSA) is 41.1 Å². The molecule has 1 aromatic carbocycles. The molecule has 1 atom stereocenters. The molecule has 1 unspecified atom stereocenters. The van der Waals surface area contributed by atoms with E-state index in [1.165, 1.54) is 11.1 Å². The van der Waals surface area contributed by atoms with Crippen LogP contribution < -0.4 is 10.6 Å². The van der Waals surface area contributed by atoms with Crippen molar-refractivity contribution >= 4 is 5.91 Å². The van der Waals surface area contributed by atoms with Crippen LogP contribution in [0.2, 0.25) is 0 Å². The normalized spacial score (nSPS) is 12.2. The Morgan fingerprint density at radius 1 is 1.28 bits per heavy atom. The highest BCUT2D eigenvalue weighted by Crippen LogP contribution is 2.02. The average molecular weight is 248 g/mol. The molecule has 0 radical (unpaired) electrons. The zero-order valence-corrected chi connectivity index (χ0v) is 11.6. The molecule has 0 fully saturated rings. The van der Waals surface area contributed by atoms with Gasteiger partial charge in [-0.3, -0.25) is 4.79 Å². The quantitative estimate of drug-likeness (QED) is 0.727. The van der Waals surface area contributed by atoms with Gasteiger partial charge in [-0.05, 0) is 25.8 Å². The summed E-state index contributed by atoms with van der Waals surface area (Å²) in [6.07, 6.45) is 1.51. The van der Waals surface area contributed by atoms with Crippen LogP contribution in [-0.4, -0.2) is 18.5 Å². The number of benzene rings is 1. The molecule has 0 saturated carbocycles. The van der Waals surface area contributed by atoms with Gasteiger partial charge < -0.3 is 10.6 Å². The molecular formula is C15H24N2O. The third-order valence-corrected chi connectivity index (χ3v) is 3.00. The lowest BCUT2D eigenvalue weighted by Crippen LogP contribution is -2.33. The van der Waals surface area contributed by atoms with Crippen LogP contribution in [0, 0.1) is 6.92 Å². The lowest BCUT2D eigenvalue weighted by Gasteiger charge is -2.11. The first-order valence-electron chi connectivity index (χ1n) is 6.67. The highest BCUT2D eigenvalue weighted by atomic mass is 16.1. The summed E-state index contributed by atoms with van der Waals surface area (Å²) in [5, 5.41) is 6.24. The van der Waals surface area contributed by atoms with E-state index in [-0.39, 0.29) is 11.9 Å². The monoisotopic (exact) mass is 248 g/mol. The standard InChI is InChI=1S/C15H24N2O/c1-4-13(3)17-15(18)9-10-16-11-14-7-5-12(2)6-8-14/h5-8,13,16H,4,9-11H2,1-3H3,(H,17,18). The molecule has 1 aromatic rings. The van der Waals surface area contributed by atoms with Crippen molar-refractivity contribution in [1.29, 1.82) is 0 Å². The summed E-state index contributed by atoms with van der Waals surface area (Å²) in [5.74, 6) is 0.126. The van der Waals surface area contributed by atoms with E-state index < -0.39 is 0 Å². The lowest BCUT2D eigenvalue weighted by atomic mass is 10.1. The van der Waals surface area contributed by atoms with Crippen LogP contribution in [-0.2, 0) is 11.3 Å². The summed E-state index contributed by atoms with van der Waals surface area (Å²) in [4.78, 5) is 11.5. The number of hydrogen-bond acceptors (Lipinski definition) is 2. The van der Waals surface area contributed by atoms with Crippen LogP contribution in [0.5, 0.6) is 0 Å². The Morgan fingerprint density at radius 3 is 2.56 bits per heavy atom. The summed E-state index contributed by atoms with van der Waals surface area (Å²) >= 11 is 0. The molecular weight excluding hydrogens is 224 g/mol. The van der Waals surface area contributed by atoms with Crippen molar-refractivity contribution in [2.24, 2.45) is 0 Å². The molecule has 0 aliphatic carbocycles. The van der Waals surface area contributed by atoms with E-state index in [9.17, 15) is 4.79 Å². The summed E-state index contributed by atoms with van der Waals surface area (Å²) in [6.45, 7) is 7.71. The molecule has 3 nitrogen and oxygen atoms in total. The van der Waals surface area contributed by atoms with Crippen LogP contribution in [0.4, 0.5) is 0 Å². The van der Waals surface area contributed by atoms with Gasteiger partial charge in [-0.25, -0.2) is 0 Å². The first-order valence-corrected chi connectivity index (χ1v) is 6.67. The van der Waals surface area contributed by atoms with Gasteiger partial charge in [0.1, 0.15) is 0 Å². The largest absolute Gasteiger partial charge is 0.354 e. The van der Waals surface area contributed by atoms with Crippen LogP contribution in [0.15, 0.2) is 24.3 Å². The first-order chi connectivity index (χ1) is 8.61. The van der Waals surface area contributed by atoms with Gasteiger partial charge in [0, 0.05) is 25.6 Å². The number of carbonyl (C=O) groups excluding carboxylic acids is 1.